The van der Waals surface area contributed by atoms with Crippen molar-refractivity contribution in [1.82, 2.24) is 4.90 Å². The van der Waals surface area contributed by atoms with Gasteiger partial charge in [0.1, 0.15) is 12.1 Å². The van der Waals surface area contributed by atoms with E-state index in [1.165, 1.54) is 0 Å². The molecule has 184 valence electrons. The number of amides is 1. The fraction of sp³-hybridized carbons (Fsp3) is 0.654. The Labute approximate surface area is 206 Å². The van der Waals surface area contributed by atoms with Gasteiger partial charge in [-0.25, -0.2) is 0 Å². The largest absolute Gasteiger partial charge is 0.459 e. The third-order valence-corrected chi connectivity index (χ3v) is 7.62. The maximum atomic E-state index is 13.5. The second-order valence-corrected chi connectivity index (χ2v) is 14.3. The van der Waals surface area contributed by atoms with Crippen LogP contribution < -0.4 is 0 Å². The summed E-state index contributed by atoms with van der Waals surface area (Å²) in [5.41, 5.74) is 0.246. The summed E-state index contributed by atoms with van der Waals surface area (Å²) in [6, 6.07) is 9.72. The summed E-state index contributed by atoms with van der Waals surface area (Å²) < 4.78 is 11.7. The summed E-state index contributed by atoms with van der Waals surface area (Å²) in [7, 11) is -1.25. The first-order valence-electron chi connectivity index (χ1n) is 11.9. The van der Waals surface area contributed by atoms with E-state index in [0.29, 0.717) is 6.61 Å². The van der Waals surface area contributed by atoms with Crippen molar-refractivity contribution >= 4 is 38.0 Å². The van der Waals surface area contributed by atoms with Crippen LogP contribution in [0.25, 0.3) is 0 Å². The Morgan fingerprint density at radius 2 is 1.70 bits per heavy atom. The maximum Gasteiger partial charge on any atom is 0.326 e. The number of nitrogens with zero attached hydrogens (tertiary/aromatic N) is 1. The van der Waals surface area contributed by atoms with Crippen LogP contribution in [-0.4, -0.2) is 55.5 Å². The third-order valence-electron chi connectivity index (χ3n) is 6.15. The zero-order valence-electron chi connectivity index (χ0n) is 21.7. The number of β-lactam (4-membered cyclic amide) rings is 1. The van der Waals surface area contributed by atoms with E-state index in [2.05, 4.69) is 40.8 Å². The number of rotatable bonds is 9. The molecule has 1 saturated heterocycles. The second kappa shape index (κ2) is 10.8. The van der Waals surface area contributed by atoms with E-state index < -0.39 is 20.6 Å². The lowest BCUT2D eigenvalue weighted by atomic mass is 9.63. The lowest BCUT2D eigenvalue weighted by molar-refractivity contribution is -0.178. The molecule has 0 bridgehead atoms. The minimum absolute atomic E-state index is 0.0116. The summed E-state index contributed by atoms with van der Waals surface area (Å²) in [6.45, 7) is 18.8. The van der Waals surface area contributed by atoms with Crippen LogP contribution in [0, 0.1) is 23.2 Å². The number of carbonyl (C=O) groups excluding carboxylic acids is 2. The molecule has 0 saturated carbocycles. The molecule has 0 aliphatic carbocycles. The van der Waals surface area contributed by atoms with Gasteiger partial charge in [0.05, 0.1) is 12.0 Å². The molecule has 7 heteroatoms. The third kappa shape index (κ3) is 7.20. The minimum atomic E-state index is -1.25. The average Bonchev–Trinajstić information content (AvgIpc) is 2.69. The Kier molecular flexibility index (Phi) is 9.04. The monoisotopic (exact) mass is 491 g/mol. The average molecular weight is 492 g/mol. The van der Waals surface area contributed by atoms with Crippen LogP contribution in [0.3, 0.4) is 0 Å². The highest BCUT2D eigenvalue weighted by Crippen LogP contribution is 2.45. The normalized spacial score (nSPS) is 20.9. The summed E-state index contributed by atoms with van der Waals surface area (Å²) in [5, 5.41) is 0. The highest BCUT2D eigenvalue weighted by Gasteiger charge is 2.56. The predicted molar refractivity (Wildman–Crippen MR) is 140 cm³/mol. The molecule has 0 N–H and O–H groups in total. The number of thiocarbonyl (C=S) groups is 1. The summed E-state index contributed by atoms with van der Waals surface area (Å²) in [5.74, 6) is -0.718. The van der Waals surface area contributed by atoms with Gasteiger partial charge in [0.15, 0.2) is 9.04 Å². The molecule has 2 rings (SSSR count). The first kappa shape index (κ1) is 27.7. The molecule has 0 spiro atoms. The Hall–Kier alpha value is -1.57. The molecule has 1 amide bonds. The van der Waals surface area contributed by atoms with Crippen molar-refractivity contribution < 1.29 is 18.8 Å². The Balaban J connectivity index is 2.38. The van der Waals surface area contributed by atoms with Crippen LogP contribution in [0.1, 0.15) is 54.0 Å². The number of hydrogen-bond acceptors (Lipinski definition) is 5. The fourth-order valence-electron chi connectivity index (χ4n) is 4.49. The van der Waals surface area contributed by atoms with Gasteiger partial charge in [-0.15, -0.1) is 0 Å². The van der Waals surface area contributed by atoms with Gasteiger partial charge in [0.25, 0.3) is 0 Å². The van der Waals surface area contributed by atoms with E-state index in [-0.39, 0.29) is 41.7 Å². The number of carbonyl (C=O) groups is 2. The van der Waals surface area contributed by atoms with E-state index in [0.717, 1.165) is 10.4 Å². The fourth-order valence-corrected chi connectivity index (χ4v) is 5.36. The van der Waals surface area contributed by atoms with E-state index >= 15 is 0 Å². The summed E-state index contributed by atoms with van der Waals surface area (Å²) >= 11 is 5.87. The van der Waals surface area contributed by atoms with Gasteiger partial charge in [-0.3, -0.25) is 9.59 Å². The van der Waals surface area contributed by atoms with Gasteiger partial charge < -0.3 is 14.1 Å². The molecule has 0 radical (unpaired) electrons. The highest BCUT2D eigenvalue weighted by atomic mass is 32.1. The van der Waals surface area contributed by atoms with Crippen LogP contribution in [0.4, 0.5) is 0 Å². The van der Waals surface area contributed by atoms with Gasteiger partial charge in [-0.2, -0.15) is 0 Å². The van der Waals surface area contributed by atoms with Crippen LogP contribution in [-0.2, 0) is 18.8 Å². The van der Waals surface area contributed by atoms with Crippen LogP contribution >= 0.6 is 12.2 Å². The van der Waals surface area contributed by atoms with Crippen molar-refractivity contribution in [2.75, 3.05) is 13.2 Å². The summed E-state index contributed by atoms with van der Waals surface area (Å²) in [4.78, 5) is 28.6. The molecule has 0 unspecified atom stereocenters. The van der Waals surface area contributed by atoms with Gasteiger partial charge in [-0.1, -0.05) is 70.2 Å². The van der Waals surface area contributed by atoms with Crippen LogP contribution in [0.5, 0.6) is 0 Å². The van der Waals surface area contributed by atoms with Crippen LogP contribution in [0.2, 0.25) is 13.1 Å². The quantitative estimate of drug-likeness (QED) is 0.162. The first-order valence-corrected chi connectivity index (χ1v) is 15.1. The van der Waals surface area contributed by atoms with Crippen molar-refractivity contribution in [1.29, 1.82) is 0 Å². The van der Waals surface area contributed by atoms with Crippen molar-refractivity contribution in [2.24, 2.45) is 23.2 Å². The van der Waals surface area contributed by atoms with Gasteiger partial charge in [0, 0.05) is 17.4 Å². The summed E-state index contributed by atoms with van der Waals surface area (Å²) in [6.07, 6.45) is 0. The molecule has 1 aliphatic rings. The second-order valence-electron chi connectivity index (χ2n) is 11.4. The molecule has 1 fully saturated rings. The molecule has 4 atom stereocenters. The van der Waals surface area contributed by atoms with E-state index in [9.17, 15) is 9.59 Å². The van der Waals surface area contributed by atoms with Crippen molar-refractivity contribution in [2.45, 2.75) is 73.2 Å². The minimum Gasteiger partial charge on any atom is -0.459 e. The maximum absolute atomic E-state index is 13.5. The molecule has 1 aromatic rings. The van der Waals surface area contributed by atoms with Gasteiger partial charge in [0.2, 0.25) is 5.91 Å². The zero-order chi connectivity index (χ0) is 25.1. The van der Waals surface area contributed by atoms with Crippen LogP contribution in [0.15, 0.2) is 30.3 Å². The van der Waals surface area contributed by atoms with Gasteiger partial charge in [-0.05, 0) is 50.8 Å². The number of likely N-dealkylation sites (tertiary alicyclic amines) is 1. The molecule has 1 heterocycles. The van der Waals surface area contributed by atoms with E-state index in [1.807, 2.05) is 51.1 Å². The molecule has 0 aromatic heterocycles. The Morgan fingerprint density at radius 3 is 2.18 bits per heavy atom. The SMILES string of the molecule is C[C@@H](C(=S)c1ccccc1)[C@@H]1[C@H]([C@@H](CO[SiH](C)C)C(C)(C)C)C(=O)N1CC(=O)OC(C)(C)C. The molecule has 33 heavy (non-hydrogen) atoms. The lowest BCUT2D eigenvalue weighted by Crippen LogP contribution is -2.69. The molecular formula is C26H41NO4SSi. The molecule has 5 nitrogen and oxygen atoms in total. The number of hydrogen-bond donors (Lipinski definition) is 0. The van der Waals surface area contributed by atoms with Crippen molar-refractivity contribution in [3.63, 3.8) is 0 Å². The van der Waals surface area contributed by atoms with Crippen molar-refractivity contribution in [3.05, 3.63) is 35.9 Å². The standard InChI is InChI=1S/C26H41NO4SSi/c1-17(23(32)18-13-11-10-12-14-18)22-21(19(25(2,3)4)16-30-33(8)9)24(29)27(22)15-20(28)31-26(5,6)7/h10-14,17,19,21-22,33H,15-16H2,1-9H3/t17-,19-,21+,22-/m1/s1. The highest BCUT2D eigenvalue weighted by molar-refractivity contribution is 7.80. The Bertz CT molecular complexity index is 844. The molecular weight excluding hydrogens is 450 g/mol. The number of benzene rings is 1. The van der Waals surface area contributed by atoms with Crippen molar-refractivity contribution in [3.8, 4) is 0 Å². The van der Waals surface area contributed by atoms with E-state index in [4.69, 9.17) is 21.4 Å². The molecule has 1 aliphatic heterocycles. The predicted octanol–water partition coefficient (Wildman–Crippen LogP) is 4.87. The van der Waals surface area contributed by atoms with Gasteiger partial charge >= 0.3 is 5.97 Å². The number of ether oxygens (including phenoxy) is 1. The first-order chi connectivity index (χ1) is 15.1. The molecule has 1 aromatic carbocycles. The zero-order valence-corrected chi connectivity index (χ0v) is 23.6. The lowest BCUT2D eigenvalue weighted by Gasteiger charge is -2.55. The topological polar surface area (TPSA) is 55.8 Å². The Morgan fingerprint density at radius 1 is 1.12 bits per heavy atom. The van der Waals surface area contributed by atoms with E-state index in [1.54, 1.807) is 4.90 Å². The number of esters is 1. The smallest absolute Gasteiger partial charge is 0.326 e.